The van der Waals surface area contributed by atoms with E-state index in [2.05, 4.69) is 0 Å². The Balaban J connectivity index is 2.67. The maximum atomic E-state index is 11.3. The monoisotopic (exact) mass is 207 g/mol. The predicted octanol–water partition coefficient (Wildman–Crippen LogP) is 1.75. The van der Waals surface area contributed by atoms with Crippen LogP contribution >= 0.6 is 0 Å². The van der Waals surface area contributed by atoms with Gasteiger partial charge in [0.15, 0.2) is 0 Å². The lowest BCUT2D eigenvalue weighted by molar-refractivity contribution is 0.0526. The number of esters is 1. The highest BCUT2D eigenvalue weighted by Crippen LogP contribution is 2.07. The molecule has 0 aliphatic rings. The molecular weight excluding hydrogens is 190 g/mol. The van der Waals surface area contributed by atoms with Gasteiger partial charge >= 0.3 is 5.97 Å². The van der Waals surface area contributed by atoms with Crippen LogP contribution in [0.1, 0.15) is 29.8 Å². The van der Waals surface area contributed by atoms with Crippen LogP contribution in [-0.4, -0.2) is 18.6 Å². The van der Waals surface area contributed by atoms with Crippen molar-refractivity contribution < 1.29 is 9.53 Å². The van der Waals surface area contributed by atoms with Crippen molar-refractivity contribution in [3.63, 3.8) is 0 Å². The first-order valence-corrected chi connectivity index (χ1v) is 5.15. The van der Waals surface area contributed by atoms with Gasteiger partial charge in [-0.3, -0.25) is 0 Å². The van der Waals surface area contributed by atoms with E-state index in [9.17, 15) is 4.79 Å². The third-order valence-corrected chi connectivity index (χ3v) is 2.02. The van der Waals surface area contributed by atoms with Crippen molar-refractivity contribution in [2.75, 3.05) is 6.61 Å². The van der Waals surface area contributed by atoms with E-state index in [0.29, 0.717) is 12.2 Å². The van der Waals surface area contributed by atoms with Crippen LogP contribution in [0.2, 0.25) is 0 Å². The fourth-order valence-electron chi connectivity index (χ4n) is 1.36. The predicted molar refractivity (Wildman–Crippen MR) is 59.8 cm³/mol. The van der Waals surface area contributed by atoms with E-state index in [1.54, 1.807) is 19.1 Å². The molecule has 82 valence electrons. The Morgan fingerprint density at radius 2 is 2.00 bits per heavy atom. The molecule has 0 spiro atoms. The van der Waals surface area contributed by atoms with Crippen molar-refractivity contribution in [1.82, 2.24) is 0 Å². The first-order valence-electron chi connectivity index (χ1n) is 5.15. The quantitative estimate of drug-likeness (QED) is 0.765. The summed E-state index contributed by atoms with van der Waals surface area (Å²) >= 11 is 0. The lowest BCUT2D eigenvalue weighted by Crippen LogP contribution is -2.17. The minimum Gasteiger partial charge on any atom is -0.462 e. The molecule has 15 heavy (non-hydrogen) atoms. The van der Waals surface area contributed by atoms with E-state index in [1.807, 2.05) is 19.1 Å². The summed E-state index contributed by atoms with van der Waals surface area (Å²) in [6, 6.07) is 7.51. The smallest absolute Gasteiger partial charge is 0.338 e. The Bertz CT molecular complexity index is 317. The number of carbonyl (C=O) groups excluding carboxylic acids is 1. The van der Waals surface area contributed by atoms with Gasteiger partial charge in [0.05, 0.1) is 12.2 Å². The fraction of sp³-hybridized carbons (Fsp3) is 0.417. The summed E-state index contributed by atoms with van der Waals surface area (Å²) < 4.78 is 4.89. The molecule has 0 aliphatic heterocycles. The first kappa shape index (κ1) is 11.7. The molecule has 0 aromatic heterocycles. The Hall–Kier alpha value is -1.35. The number of benzene rings is 1. The van der Waals surface area contributed by atoms with Crippen molar-refractivity contribution in [3.05, 3.63) is 35.4 Å². The third-order valence-electron chi connectivity index (χ3n) is 2.02. The maximum absolute atomic E-state index is 11.3. The van der Waals surface area contributed by atoms with Crippen molar-refractivity contribution in [2.24, 2.45) is 5.73 Å². The minimum atomic E-state index is -0.273. The number of ether oxygens (including phenoxy) is 1. The average Bonchev–Trinajstić information content (AvgIpc) is 2.18. The van der Waals surface area contributed by atoms with Gasteiger partial charge in [-0.15, -0.1) is 0 Å². The van der Waals surface area contributed by atoms with Gasteiger partial charge in [0.2, 0.25) is 0 Å². The molecule has 1 rings (SSSR count). The number of hydrogen-bond donors (Lipinski definition) is 1. The van der Waals surface area contributed by atoms with E-state index in [0.717, 1.165) is 12.0 Å². The molecule has 0 saturated carbocycles. The van der Waals surface area contributed by atoms with Gasteiger partial charge in [0, 0.05) is 6.04 Å². The first-order chi connectivity index (χ1) is 7.13. The SMILES string of the molecule is CCOC(=O)c1ccc(CC(C)N)cc1. The molecule has 2 N–H and O–H groups in total. The molecule has 0 heterocycles. The number of nitrogens with two attached hydrogens (primary N) is 1. The average molecular weight is 207 g/mol. The fourth-order valence-corrected chi connectivity index (χ4v) is 1.36. The van der Waals surface area contributed by atoms with Crippen LogP contribution in [0.5, 0.6) is 0 Å². The lowest BCUT2D eigenvalue weighted by Gasteiger charge is -2.06. The summed E-state index contributed by atoms with van der Waals surface area (Å²) in [5.41, 5.74) is 7.40. The Labute approximate surface area is 90.2 Å². The second kappa shape index (κ2) is 5.51. The van der Waals surface area contributed by atoms with E-state index < -0.39 is 0 Å². The second-order valence-electron chi connectivity index (χ2n) is 3.60. The maximum Gasteiger partial charge on any atom is 0.338 e. The van der Waals surface area contributed by atoms with Gasteiger partial charge in [-0.2, -0.15) is 0 Å². The van der Waals surface area contributed by atoms with Gasteiger partial charge in [-0.05, 0) is 38.0 Å². The molecule has 1 aromatic carbocycles. The summed E-state index contributed by atoms with van der Waals surface area (Å²) in [5.74, 6) is -0.273. The molecule has 0 aliphatic carbocycles. The summed E-state index contributed by atoms with van der Waals surface area (Å²) in [4.78, 5) is 11.3. The minimum absolute atomic E-state index is 0.137. The van der Waals surface area contributed by atoms with Gasteiger partial charge in [0.1, 0.15) is 0 Å². The van der Waals surface area contributed by atoms with Crippen molar-refractivity contribution in [3.8, 4) is 0 Å². The Kier molecular flexibility index (Phi) is 4.31. The van der Waals surface area contributed by atoms with Crippen molar-refractivity contribution in [2.45, 2.75) is 26.3 Å². The van der Waals surface area contributed by atoms with Crippen LogP contribution in [0, 0.1) is 0 Å². The highest BCUT2D eigenvalue weighted by molar-refractivity contribution is 5.89. The summed E-state index contributed by atoms with van der Waals surface area (Å²) in [6.07, 6.45) is 0.823. The zero-order valence-electron chi connectivity index (χ0n) is 9.19. The zero-order valence-corrected chi connectivity index (χ0v) is 9.19. The number of rotatable bonds is 4. The summed E-state index contributed by atoms with van der Waals surface area (Å²) in [7, 11) is 0. The highest BCUT2D eigenvalue weighted by atomic mass is 16.5. The van der Waals surface area contributed by atoms with Crippen molar-refractivity contribution >= 4 is 5.97 Å². The second-order valence-corrected chi connectivity index (χ2v) is 3.60. The Morgan fingerprint density at radius 1 is 1.40 bits per heavy atom. The molecule has 1 aromatic rings. The molecule has 0 saturated heterocycles. The molecular formula is C12H17NO2. The van der Waals surface area contributed by atoms with E-state index in [4.69, 9.17) is 10.5 Å². The van der Waals surface area contributed by atoms with E-state index in [-0.39, 0.29) is 12.0 Å². The number of carbonyl (C=O) groups is 1. The van der Waals surface area contributed by atoms with Crippen LogP contribution in [0.3, 0.4) is 0 Å². The molecule has 3 nitrogen and oxygen atoms in total. The van der Waals surface area contributed by atoms with Crippen molar-refractivity contribution in [1.29, 1.82) is 0 Å². The summed E-state index contributed by atoms with van der Waals surface area (Å²) in [5, 5.41) is 0. The molecule has 0 amide bonds. The van der Waals surface area contributed by atoms with Gasteiger partial charge < -0.3 is 10.5 Å². The van der Waals surface area contributed by atoms with Crippen LogP contribution < -0.4 is 5.73 Å². The van der Waals surface area contributed by atoms with E-state index >= 15 is 0 Å². The van der Waals surface area contributed by atoms with Crippen LogP contribution in [-0.2, 0) is 11.2 Å². The van der Waals surface area contributed by atoms with Gasteiger partial charge in [-0.1, -0.05) is 12.1 Å². The van der Waals surface area contributed by atoms with Crippen LogP contribution in [0.25, 0.3) is 0 Å². The topological polar surface area (TPSA) is 52.3 Å². The lowest BCUT2D eigenvalue weighted by atomic mass is 10.1. The van der Waals surface area contributed by atoms with Gasteiger partial charge in [-0.25, -0.2) is 4.79 Å². The van der Waals surface area contributed by atoms with Gasteiger partial charge in [0.25, 0.3) is 0 Å². The van der Waals surface area contributed by atoms with Crippen LogP contribution in [0.4, 0.5) is 0 Å². The molecule has 1 atom stereocenters. The number of hydrogen-bond acceptors (Lipinski definition) is 3. The van der Waals surface area contributed by atoms with Crippen LogP contribution in [0.15, 0.2) is 24.3 Å². The largest absolute Gasteiger partial charge is 0.462 e. The standard InChI is InChI=1S/C12H17NO2/c1-3-15-12(14)11-6-4-10(5-7-11)8-9(2)13/h4-7,9H,3,8,13H2,1-2H3. The molecule has 3 heteroatoms. The third kappa shape index (κ3) is 3.72. The summed E-state index contributed by atoms with van der Waals surface area (Å²) in [6.45, 7) is 4.15. The molecule has 0 bridgehead atoms. The molecule has 0 radical (unpaired) electrons. The Morgan fingerprint density at radius 3 is 2.47 bits per heavy atom. The molecule has 0 fully saturated rings. The van der Waals surface area contributed by atoms with E-state index in [1.165, 1.54) is 0 Å². The highest BCUT2D eigenvalue weighted by Gasteiger charge is 2.05. The normalized spacial score (nSPS) is 12.2. The zero-order chi connectivity index (χ0) is 11.3. The molecule has 1 unspecified atom stereocenters.